The van der Waals surface area contributed by atoms with Gasteiger partial charge in [0.2, 0.25) is 0 Å². The number of rotatable bonds is 2. The average Bonchev–Trinajstić information content (AvgIpc) is 2.87. The number of carbonyl (C=O) groups is 2. The minimum absolute atomic E-state index is 0.0701. The zero-order valence-corrected chi connectivity index (χ0v) is 15.2. The van der Waals surface area contributed by atoms with Gasteiger partial charge in [-0.2, -0.15) is 0 Å². The van der Waals surface area contributed by atoms with Crippen LogP contribution in [0.2, 0.25) is 0 Å². The normalized spacial score (nSPS) is 45.8. The summed E-state index contributed by atoms with van der Waals surface area (Å²) in [6.45, 7) is 3.72. The minimum Gasteiger partial charge on any atom is -0.388 e. The van der Waals surface area contributed by atoms with Gasteiger partial charge < -0.3 is 10.2 Å². The molecule has 0 aromatic rings. The molecule has 0 unspecified atom stereocenters. The minimum atomic E-state index is -1.46. The van der Waals surface area contributed by atoms with Crippen LogP contribution in [0.5, 0.6) is 0 Å². The first-order valence-corrected chi connectivity index (χ1v) is 9.57. The number of allylic oxidation sites excluding steroid dienone is 2. The van der Waals surface area contributed by atoms with Crippen molar-refractivity contribution < 1.29 is 19.8 Å². The van der Waals surface area contributed by atoms with E-state index in [1.807, 2.05) is 13.0 Å². The fourth-order valence-electron chi connectivity index (χ4n) is 6.46. The molecule has 4 heteroatoms. The van der Waals surface area contributed by atoms with E-state index in [0.717, 1.165) is 32.1 Å². The van der Waals surface area contributed by atoms with Crippen LogP contribution in [0, 0.1) is 22.7 Å². The van der Waals surface area contributed by atoms with Crippen molar-refractivity contribution in [3.63, 3.8) is 0 Å². The molecule has 0 aliphatic heterocycles. The summed E-state index contributed by atoms with van der Waals surface area (Å²) in [5.41, 5.74) is 0.595. The van der Waals surface area contributed by atoms with Gasteiger partial charge in [-0.25, -0.2) is 0 Å². The van der Waals surface area contributed by atoms with Crippen molar-refractivity contribution >= 4 is 11.6 Å². The Labute approximate surface area is 149 Å². The summed E-state index contributed by atoms with van der Waals surface area (Å²) >= 11 is 0. The Morgan fingerprint density at radius 2 is 2.00 bits per heavy atom. The van der Waals surface area contributed by atoms with E-state index in [1.54, 1.807) is 0 Å². The quantitative estimate of drug-likeness (QED) is 0.756. The van der Waals surface area contributed by atoms with Crippen molar-refractivity contribution in [3.05, 3.63) is 23.3 Å². The van der Waals surface area contributed by atoms with Crippen LogP contribution in [-0.4, -0.2) is 34.0 Å². The van der Waals surface area contributed by atoms with E-state index < -0.39 is 23.4 Å². The van der Waals surface area contributed by atoms with Crippen molar-refractivity contribution in [3.8, 4) is 0 Å². The highest BCUT2D eigenvalue weighted by atomic mass is 16.3. The highest BCUT2D eigenvalue weighted by molar-refractivity contribution is 5.92. The number of fused-ring (bicyclic) bond motifs is 5. The Morgan fingerprint density at radius 1 is 1.24 bits per heavy atom. The molecule has 4 aliphatic carbocycles. The van der Waals surface area contributed by atoms with Crippen molar-refractivity contribution in [2.24, 2.45) is 22.7 Å². The molecule has 0 heterocycles. The predicted molar refractivity (Wildman–Crippen MR) is 93.7 cm³/mol. The number of aliphatic hydroxyl groups excluding tert-OH is 1. The van der Waals surface area contributed by atoms with Crippen molar-refractivity contribution in [1.82, 2.24) is 0 Å². The smallest absolute Gasteiger partial charge is 0.190 e. The monoisotopic (exact) mass is 344 g/mol. The van der Waals surface area contributed by atoms with Crippen molar-refractivity contribution in [1.29, 1.82) is 0 Å². The molecule has 0 bridgehead atoms. The van der Waals surface area contributed by atoms with E-state index in [1.165, 1.54) is 11.1 Å². The molecule has 4 aliphatic rings. The molecule has 2 N–H and O–H groups in total. The van der Waals surface area contributed by atoms with Gasteiger partial charge in [0.25, 0.3) is 0 Å². The van der Waals surface area contributed by atoms with E-state index in [0.29, 0.717) is 24.7 Å². The molecule has 0 amide bonds. The topological polar surface area (TPSA) is 74.6 Å². The summed E-state index contributed by atoms with van der Waals surface area (Å²) in [4.78, 5) is 24.2. The van der Waals surface area contributed by atoms with E-state index in [-0.39, 0.29) is 11.2 Å². The van der Waals surface area contributed by atoms with Crippen LogP contribution in [0.25, 0.3) is 0 Å². The van der Waals surface area contributed by atoms with Gasteiger partial charge in [-0.05, 0) is 55.4 Å². The highest BCUT2D eigenvalue weighted by Crippen LogP contribution is 2.65. The summed E-state index contributed by atoms with van der Waals surface area (Å²) in [5.74, 6) is 0.654. The van der Waals surface area contributed by atoms with Crippen LogP contribution < -0.4 is 0 Å². The Morgan fingerprint density at radius 3 is 2.72 bits per heavy atom. The molecule has 0 aromatic heterocycles. The molecule has 0 saturated heterocycles. The number of hydrogen-bond donors (Lipinski definition) is 2. The molecule has 136 valence electrons. The van der Waals surface area contributed by atoms with E-state index in [9.17, 15) is 19.8 Å². The molecule has 2 saturated carbocycles. The number of Topliss-reactive ketones (excluding diaryl/α,β-unsaturated/α-hetero) is 1. The first-order chi connectivity index (χ1) is 11.8. The van der Waals surface area contributed by atoms with Crippen molar-refractivity contribution in [2.75, 3.05) is 6.61 Å². The SMILES string of the molecule is C[C@]12CCC(=O)C=C1CC[C@@H]1C3=CC[C@](O)(C(=O)CO)[C@@]3(C)CC[C@@H]12. The van der Waals surface area contributed by atoms with Gasteiger partial charge >= 0.3 is 0 Å². The third-order valence-corrected chi connectivity index (χ3v) is 8.12. The van der Waals surface area contributed by atoms with Gasteiger partial charge in [-0.15, -0.1) is 0 Å². The molecule has 25 heavy (non-hydrogen) atoms. The molecular formula is C21H28O4. The standard InChI is InChI=1S/C21H28O4/c1-19-8-5-14(23)11-13(19)3-4-15-16(19)6-9-20(2)17(15)7-10-21(20,25)18(24)12-22/h7,11,15-16,22,25H,3-6,8-10,12H2,1-2H3/t15-,16-,19-,20-,21-/m0/s1. The molecule has 2 fully saturated rings. The molecule has 4 nitrogen and oxygen atoms in total. The maximum atomic E-state index is 12.3. The Hall–Kier alpha value is -1.26. The van der Waals surface area contributed by atoms with Crippen LogP contribution in [0.4, 0.5) is 0 Å². The lowest BCUT2D eigenvalue weighted by Crippen LogP contribution is -2.56. The summed E-state index contributed by atoms with van der Waals surface area (Å²) in [6.07, 6.45) is 9.49. The Bertz CT molecular complexity index is 705. The van der Waals surface area contributed by atoms with Gasteiger partial charge in [-0.3, -0.25) is 9.59 Å². The second kappa shape index (κ2) is 5.37. The number of hydrogen-bond acceptors (Lipinski definition) is 4. The molecule has 0 aromatic carbocycles. The van der Waals surface area contributed by atoms with E-state index in [4.69, 9.17) is 0 Å². The lowest BCUT2D eigenvalue weighted by Gasteiger charge is -2.57. The summed E-state index contributed by atoms with van der Waals surface area (Å²) in [7, 11) is 0. The third-order valence-electron chi connectivity index (χ3n) is 8.12. The van der Waals surface area contributed by atoms with Crippen LogP contribution in [0.3, 0.4) is 0 Å². The average molecular weight is 344 g/mol. The summed E-state index contributed by atoms with van der Waals surface area (Å²) in [5, 5.41) is 20.5. The number of aliphatic hydroxyl groups is 2. The maximum Gasteiger partial charge on any atom is 0.190 e. The van der Waals surface area contributed by atoms with Crippen molar-refractivity contribution in [2.45, 2.75) is 64.4 Å². The zero-order valence-electron chi connectivity index (χ0n) is 15.2. The first kappa shape index (κ1) is 17.2. The molecule has 0 spiro atoms. The van der Waals surface area contributed by atoms with E-state index >= 15 is 0 Å². The predicted octanol–water partition coefficient (Wildman–Crippen LogP) is 2.73. The summed E-state index contributed by atoms with van der Waals surface area (Å²) < 4.78 is 0. The van der Waals surface area contributed by atoms with Gasteiger partial charge in [0.1, 0.15) is 12.2 Å². The van der Waals surface area contributed by atoms with Gasteiger partial charge in [-0.1, -0.05) is 31.1 Å². The third kappa shape index (κ3) is 2.07. The fraction of sp³-hybridized carbons (Fsp3) is 0.714. The lowest BCUT2D eigenvalue weighted by molar-refractivity contribution is -0.153. The lowest BCUT2D eigenvalue weighted by atomic mass is 9.47. The molecule has 0 radical (unpaired) electrons. The van der Waals surface area contributed by atoms with Crippen LogP contribution in [0.15, 0.2) is 23.3 Å². The maximum absolute atomic E-state index is 12.3. The molecule has 5 atom stereocenters. The zero-order chi connectivity index (χ0) is 18.0. The van der Waals surface area contributed by atoms with Crippen LogP contribution in [-0.2, 0) is 9.59 Å². The Kier molecular flexibility index (Phi) is 3.69. The first-order valence-electron chi connectivity index (χ1n) is 9.57. The largest absolute Gasteiger partial charge is 0.388 e. The highest BCUT2D eigenvalue weighted by Gasteiger charge is 2.62. The van der Waals surface area contributed by atoms with Gasteiger partial charge in [0.15, 0.2) is 11.6 Å². The Balaban J connectivity index is 1.70. The number of carbonyl (C=O) groups excluding carboxylic acids is 2. The second-order valence-electron chi connectivity index (χ2n) is 8.98. The molecular weight excluding hydrogens is 316 g/mol. The van der Waals surface area contributed by atoms with Crippen LogP contribution >= 0.6 is 0 Å². The summed E-state index contributed by atoms with van der Waals surface area (Å²) in [6, 6.07) is 0. The van der Waals surface area contributed by atoms with Gasteiger partial charge in [0, 0.05) is 18.3 Å². The number of ketones is 2. The second-order valence-corrected chi connectivity index (χ2v) is 8.98. The molecule has 4 rings (SSSR count). The fourth-order valence-corrected chi connectivity index (χ4v) is 6.46. The van der Waals surface area contributed by atoms with Gasteiger partial charge in [0.05, 0.1) is 0 Å². The van der Waals surface area contributed by atoms with Crippen LogP contribution in [0.1, 0.15) is 58.8 Å². The van der Waals surface area contributed by atoms with E-state index in [2.05, 4.69) is 13.0 Å².